The quantitative estimate of drug-likeness (QED) is 0.352. The molecule has 2 rings (SSSR count). The lowest BCUT2D eigenvalue weighted by atomic mass is 10.1. The van der Waals surface area contributed by atoms with E-state index in [2.05, 4.69) is 0 Å². The number of hydroxylamine groups is 1. The van der Waals surface area contributed by atoms with Crippen LogP contribution in [0.25, 0.3) is 11.0 Å². The van der Waals surface area contributed by atoms with Gasteiger partial charge in [0.1, 0.15) is 11.4 Å². The van der Waals surface area contributed by atoms with E-state index in [4.69, 9.17) is 15.0 Å². The van der Waals surface area contributed by atoms with Crippen LogP contribution in [-0.2, 0) is 0 Å². The minimum Gasteiger partial charge on any atom is -0.464 e. The first-order chi connectivity index (χ1) is 6.31. The molecule has 0 saturated heterocycles. The van der Waals surface area contributed by atoms with E-state index in [9.17, 15) is 0 Å². The molecule has 0 radical (unpaired) electrons. The number of rotatable bonds is 1. The van der Waals surface area contributed by atoms with E-state index in [0.29, 0.717) is 5.56 Å². The van der Waals surface area contributed by atoms with Crippen molar-refractivity contribution in [2.24, 2.45) is 0 Å². The molecule has 0 bridgehead atoms. The van der Waals surface area contributed by atoms with Crippen molar-refractivity contribution in [2.75, 3.05) is 0 Å². The molecule has 0 unspecified atom stereocenters. The molecule has 3 N–H and O–H groups in total. The Morgan fingerprint density at radius 1 is 1.38 bits per heavy atom. The third-order valence-electron chi connectivity index (χ3n) is 1.85. The summed E-state index contributed by atoms with van der Waals surface area (Å²) in [5, 5.41) is 16.7. The van der Waals surface area contributed by atoms with Gasteiger partial charge >= 0.3 is 0 Å². The van der Waals surface area contributed by atoms with E-state index < -0.39 is 0 Å². The van der Waals surface area contributed by atoms with E-state index in [0.717, 1.165) is 11.0 Å². The third kappa shape index (κ3) is 1.27. The topological polar surface area (TPSA) is 69.2 Å². The summed E-state index contributed by atoms with van der Waals surface area (Å²) in [6.45, 7) is 0. The van der Waals surface area contributed by atoms with Gasteiger partial charge < -0.3 is 4.42 Å². The lowest BCUT2D eigenvalue weighted by molar-refractivity contribution is 0.234. The van der Waals surface area contributed by atoms with Gasteiger partial charge in [-0.15, -0.1) is 0 Å². The van der Waals surface area contributed by atoms with Crippen LogP contribution in [0.1, 0.15) is 5.56 Å². The lowest BCUT2D eigenvalue weighted by Gasteiger charge is -2.00. The predicted octanol–water partition coefficient (Wildman–Crippen LogP) is 1.74. The summed E-state index contributed by atoms with van der Waals surface area (Å²) in [6, 6.07) is 7.04. The Morgan fingerprint density at radius 3 is 3.00 bits per heavy atom. The normalized spacial score (nSPS) is 10.2. The zero-order chi connectivity index (χ0) is 9.26. The highest BCUT2D eigenvalue weighted by Gasteiger charge is 2.02. The highest BCUT2D eigenvalue weighted by Crippen LogP contribution is 2.16. The van der Waals surface area contributed by atoms with Crippen molar-refractivity contribution < 1.29 is 9.62 Å². The molecule has 1 heterocycles. The van der Waals surface area contributed by atoms with E-state index in [-0.39, 0.29) is 5.84 Å². The molecular formula is C9H8N2O2. The summed E-state index contributed by atoms with van der Waals surface area (Å²) >= 11 is 0. The smallest absolute Gasteiger partial charge is 0.149 e. The zero-order valence-electron chi connectivity index (χ0n) is 6.74. The van der Waals surface area contributed by atoms with Gasteiger partial charge in [0.05, 0.1) is 6.26 Å². The van der Waals surface area contributed by atoms with E-state index in [1.54, 1.807) is 29.9 Å². The minimum absolute atomic E-state index is 0.0249. The second kappa shape index (κ2) is 2.91. The van der Waals surface area contributed by atoms with Gasteiger partial charge in [-0.3, -0.25) is 16.1 Å². The molecule has 0 fully saturated rings. The first-order valence-electron chi connectivity index (χ1n) is 3.77. The maximum absolute atomic E-state index is 8.51. The van der Waals surface area contributed by atoms with Crippen molar-refractivity contribution in [1.82, 2.24) is 5.48 Å². The molecule has 66 valence electrons. The number of fused-ring (bicyclic) bond motifs is 1. The van der Waals surface area contributed by atoms with Crippen LogP contribution in [0.2, 0.25) is 0 Å². The Bertz CT molecular complexity index is 448. The SMILES string of the molecule is N=C(NO)c1ccc2occc2c1. The van der Waals surface area contributed by atoms with E-state index in [1.165, 1.54) is 0 Å². The van der Waals surface area contributed by atoms with E-state index >= 15 is 0 Å². The summed E-state index contributed by atoms with van der Waals surface area (Å²) in [6.07, 6.45) is 1.59. The number of nitrogens with one attached hydrogen (secondary N) is 2. The molecule has 4 heteroatoms. The molecular weight excluding hydrogens is 168 g/mol. The van der Waals surface area contributed by atoms with Crippen molar-refractivity contribution in [3.05, 3.63) is 36.1 Å². The first kappa shape index (κ1) is 7.82. The molecule has 0 aliphatic carbocycles. The summed E-state index contributed by atoms with van der Waals surface area (Å²) in [4.78, 5) is 0. The van der Waals surface area contributed by atoms with Crippen LogP contribution in [0.15, 0.2) is 34.9 Å². The predicted molar refractivity (Wildman–Crippen MR) is 48.0 cm³/mol. The zero-order valence-corrected chi connectivity index (χ0v) is 6.74. The van der Waals surface area contributed by atoms with Gasteiger partial charge in [-0.05, 0) is 24.3 Å². The Morgan fingerprint density at radius 2 is 2.23 bits per heavy atom. The van der Waals surface area contributed by atoms with Crippen LogP contribution in [0.5, 0.6) is 0 Å². The van der Waals surface area contributed by atoms with Crippen LogP contribution < -0.4 is 5.48 Å². The van der Waals surface area contributed by atoms with Crippen LogP contribution in [0.4, 0.5) is 0 Å². The first-order valence-corrected chi connectivity index (χ1v) is 3.77. The maximum atomic E-state index is 8.51. The summed E-state index contributed by atoms with van der Waals surface area (Å²) < 4.78 is 5.13. The number of benzene rings is 1. The second-order valence-electron chi connectivity index (χ2n) is 2.66. The monoisotopic (exact) mass is 176 g/mol. The van der Waals surface area contributed by atoms with Gasteiger partial charge in [0.25, 0.3) is 0 Å². The number of furan rings is 1. The van der Waals surface area contributed by atoms with Gasteiger partial charge in [0.2, 0.25) is 0 Å². The van der Waals surface area contributed by atoms with Gasteiger partial charge in [-0.25, -0.2) is 0 Å². The Kier molecular flexibility index (Phi) is 1.75. The Labute approximate surface area is 74.3 Å². The molecule has 1 aromatic carbocycles. The number of amidine groups is 1. The van der Waals surface area contributed by atoms with Gasteiger partial charge in [0.15, 0.2) is 0 Å². The van der Waals surface area contributed by atoms with Crippen molar-refractivity contribution in [3.8, 4) is 0 Å². The van der Waals surface area contributed by atoms with Gasteiger partial charge in [-0.2, -0.15) is 0 Å². The molecule has 4 nitrogen and oxygen atoms in total. The van der Waals surface area contributed by atoms with Crippen molar-refractivity contribution in [3.63, 3.8) is 0 Å². The maximum Gasteiger partial charge on any atom is 0.149 e. The number of hydrogen-bond acceptors (Lipinski definition) is 3. The average molecular weight is 176 g/mol. The molecule has 0 atom stereocenters. The molecule has 0 aliphatic heterocycles. The third-order valence-corrected chi connectivity index (χ3v) is 1.85. The molecule has 0 spiro atoms. The van der Waals surface area contributed by atoms with Crippen molar-refractivity contribution >= 4 is 16.8 Å². The molecule has 0 saturated carbocycles. The fourth-order valence-corrected chi connectivity index (χ4v) is 1.19. The molecule has 0 aliphatic rings. The average Bonchev–Trinajstić information content (AvgIpc) is 2.63. The van der Waals surface area contributed by atoms with Crippen molar-refractivity contribution in [2.45, 2.75) is 0 Å². The van der Waals surface area contributed by atoms with Crippen molar-refractivity contribution in [1.29, 1.82) is 5.41 Å². The number of hydrogen-bond donors (Lipinski definition) is 3. The Balaban J connectivity index is 2.54. The summed E-state index contributed by atoms with van der Waals surface area (Å²) in [5.41, 5.74) is 3.19. The van der Waals surface area contributed by atoms with E-state index in [1.807, 2.05) is 6.07 Å². The summed E-state index contributed by atoms with van der Waals surface area (Å²) in [5.74, 6) is -0.0249. The van der Waals surface area contributed by atoms with Gasteiger partial charge in [-0.1, -0.05) is 0 Å². The largest absolute Gasteiger partial charge is 0.464 e. The molecule has 2 aromatic rings. The van der Waals surface area contributed by atoms with Crippen LogP contribution in [0.3, 0.4) is 0 Å². The summed E-state index contributed by atoms with van der Waals surface area (Å²) in [7, 11) is 0. The van der Waals surface area contributed by atoms with Crippen LogP contribution in [-0.4, -0.2) is 11.0 Å². The van der Waals surface area contributed by atoms with Crippen LogP contribution in [0, 0.1) is 5.41 Å². The highest BCUT2D eigenvalue weighted by molar-refractivity contribution is 5.98. The molecule has 13 heavy (non-hydrogen) atoms. The lowest BCUT2D eigenvalue weighted by Crippen LogP contribution is -2.18. The van der Waals surface area contributed by atoms with Gasteiger partial charge in [0, 0.05) is 10.9 Å². The fourth-order valence-electron chi connectivity index (χ4n) is 1.19. The molecule has 1 aromatic heterocycles. The van der Waals surface area contributed by atoms with Crippen LogP contribution >= 0.6 is 0 Å². The highest BCUT2D eigenvalue weighted by atomic mass is 16.5. The standard InChI is InChI=1S/C9H8N2O2/c10-9(11-12)7-1-2-8-6(5-7)3-4-13-8/h1-5,12H,(H2,10,11). The second-order valence-corrected chi connectivity index (χ2v) is 2.66. The minimum atomic E-state index is -0.0249. The Hall–Kier alpha value is -1.81. The molecule has 0 amide bonds. The fraction of sp³-hybridized carbons (Fsp3) is 0.